The van der Waals surface area contributed by atoms with Gasteiger partial charge in [-0.2, -0.15) is 0 Å². The van der Waals surface area contributed by atoms with Gasteiger partial charge in [-0.05, 0) is 0 Å². The van der Waals surface area contributed by atoms with E-state index in [1.165, 1.54) is 0 Å². The standard InChI is InChI=1S/CH3O.5ClH.Sb/c1-2;;;;;;/h1H3;5*1H;/q-1;;;;;;+5/p-5. The van der Waals surface area contributed by atoms with Gasteiger partial charge in [0.05, 0.1) is 0 Å². The second-order valence-electron chi connectivity index (χ2n) is 1.17. The Bertz CT molecular complexity index is 95.6. The minimum atomic E-state index is -5.45. The summed E-state index contributed by atoms with van der Waals surface area (Å²) >= 11 is 0. The molecule has 54 valence electrons. The molecule has 0 saturated heterocycles. The van der Waals surface area contributed by atoms with Crippen LogP contribution >= 0.6 is 44.1 Å². The zero-order valence-electron chi connectivity index (χ0n) is 3.75. The summed E-state index contributed by atoms with van der Waals surface area (Å²) in [5.74, 6) is 0. The number of halogens is 5. The van der Waals surface area contributed by atoms with Gasteiger partial charge in [0, 0.05) is 0 Å². The summed E-state index contributed by atoms with van der Waals surface area (Å²) < 4.78 is 4.34. The third kappa shape index (κ3) is 8.23. The second kappa shape index (κ2) is 1.88. The molecular weight excluding hydrogens is 327 g/mol. The molecule has 0 fully saturated rings. The van der Waals surface area contributed by atoms with Gasteiger partial charge in [0.1, 0.15) is 0 Å². The summed E-state index contributed by atoms with van der Waals surface area (Å²) in [6.07, 6.45) is 0. The first-order valence-corrected chi connectivity index (χ1v) is 18.6. The van der Waals surface area contributed by atoms with Crippen molar-refractivity contribution in [1.29, 1.82) is 0 Å². The van der Waals surface area contributed by atoms with E-state index in [-0.39, 0.29) is 0 Å². The Balaban J connectivity index is 4.50. The Labute approximate surface area is 64.2 Å². The van der Waals surface area contributed by atoms with Crippen LogP contribution in [0.4, 0.5) is 0 Å². The van der Waals surface area contributed by atoms with Crippen molar-refractivity contribution >= 4 is 54.8 Å². The molecule has 0 radical (unpaired) electrons. The van der Waals surface area contributed by atoms with Gasteiger partial charge in [0.15, 0.2) is 0 Å². The second-order valence-corrected chi connectivity index (χ2v) is 46.7. The van der Waals surface area contributed by atoms with E-state index in [0.29, 0.717) is 0 Å². The molecule has 1 nitrogen and oxygen atoms in total. The molecule has 0 saturated carbocycles. The van der Waals surface area contributed by atoms with E-state index in [4.69, 9.17) is 44.1 Å². The van der Waals surface area contributed by atoms with Crippen LogP contribution in [0, 0.1) is 0 Å². The molecule has 0 rings (SSSR count). The van der Waals surface area contributed by atoms with Gasteiger partial charge in [-0.15, -0.1) is 0 Å². The SMILES string of the molecule is C[O][Sb-]([Cl])([Cl])([Cl])([Cl])[Cl]. The van der Waals surface area contributed by atoms with Crippen LogP contribution in [-0.2, 0) is 3.02 Å². The zero-order chi connectivity index (χ0) is 7.12. The molecule has 0 aromatic rings. The van der Waals surface area contributed by atoms with E-state index in [2.05, 4.69) is 3.02 Å². The van der Waals surface area contributed by atoms with Crippen molar-refractivity contribution in [3.8, 4) is 0 Å². The quantitative estimate of drug-likeness (QED) is 0.671. The van der Waals surface area contributed by atoms with Crippen LogP contribution in [0.5, 0.6) is 0 Å². The number of hydrogen-bond acceptors (Lipinski definition) is 1. The first-order chi connectivity index (χ1) is 3.04. The van der Waals surface area contributed by atoms with Gasteiger partial charge >= 0.3 is 65.0 Å². The van der Waals surface area contributed by atoms with E-state index in [0.717, 1.165) is 7.11 Å². The third-order valence-corrected chi connectivity index (χ3v) is 6.94. The van der Waals surface area contributed by atoms with Crippen LogP contribution in [0.3, 0.4) is 0 Å². The summed E-state index contributed by atoms with van der Waals surface area (Å²) in [6.45, 7) is 0. The van der Waals surface area contributed by atoms with Crippen molar-refractivity contribution in [1.82, 2.24) is 0 Å². The maximum atomic E-state index is 5.26. The topological polar surface area (TPSA) is 9.23 Å². The molecule has 0 aromatic heterocycles. The summed E-state index contributed by atoms with van der Waals surface area (Å²) in [6, 6.07) is 0. The maximum absolute atomic E-state index is 5.45. The van der Waals surface area contributed by atoms with Gasteiger partial charge < -0.3 is 0 Å². The van der Waals surface area contributed by atoms with Crippen molar-refractivity contribution in [3.63, 3.8) is 0 Å². The first kappa shape index (κ1) is 10.2. The fraction of sp³-hybridized carbons (Fsp3) is 1.00. The van der Waals surface area contributed by atoms with Crippen molar-refractivity contribution < 1.29 is 3.02 Å². The number of hydrogen-bond donors (Lipinski definition) is 0. The molecule has 0 aromatic carbocycles. The van der Waals surface area contributed by atoms with Crippen LogP contribution < -0.4 is 0 Å². The Morgan fingerprint density at radius 2 is 1.12 bits per heavy atom. The summed E-state index contributed by atoms with van der Waals surface area (Å²) in [5.41, 5.74) is 0. The van der Waals surface area contributed by atoms with E-state index < -0.39 is 10.7 Å². The van der Waals surface area contributed by atoms with E-state index in [1.807, 2.05) is 0 Å². The van der Waals surface area contributed by atoms with Gasteiger partial charge in [-0.25, -0.2) is 0 Å². The summed E-state index contributed by atoms with van der Waals surface area (Å²) in [5, 5.41) is 0. The van der Waals surface area contributed by atoms with Gasteiger partial charge in [-0.1, -0.05) is 0 Å². The Hall–Kier alpha value is 2.23. The molecule has 0 aliphatic rings. The first-order valence-electron chi connectivity index (χ1n) is 1.44. The van der Waals surface area contributed by atoms with Gasteiger partial charge in [0.25, 0.3) is 0 Å². The fourth-order valence-corrected chi connectivity index (χ4v) is 0. The molecule has 0 heterocycles. The summed E-state index contributed by atoms with van der Waals surface area (Å²) in [7, 11) is 22.0. The van der Waals surface area contributed by atoms with E-state index >= 15 is 0 Å². The Morgan fingerprint density at radius 3 is 1.12 bits per heavy atom. The van der Waals surface area contributed by atoms with E-state index in [9.17, 15) is 0 Å². The molecule has 7 heteroatoms. The normalized spacial score (nSPS) is 21.8. The zero-order valence-corrected chi connectivity index (χ0v) is 10.1. The molecule has 0 aliphatic carbocycles. The van der Waals surface area contributed by atoms with Crippen LogP contribution in [-0.4, -0.2) is 17.8 Å². The third-order valence-electron chi connectivity index (χ3n) is 0.345. The fourth-order valence-electron chi connectivity index (χ4n) is 0. The molecule has 0 spiro atoms. The van der Waals surface area contributed by atoms with Crippen LogP contribution in [0.2, 0.25) is 0 Å². The van der Waals surface area contributed by atoms with Crippen molar-refractivity contribution in [2.24, 2.45) is 0 Å². The number of rotatable bonds is 1. The predicted molar refractivity (Wildman–Crippen MR) is 42.0 cm³/mol. The van der Waals surface area contributed by atoms with Crippen LogP contribution in [0.25, 0.3) is 0 Å². The van der Waals surface area contributed by atoms with Crippen molar-refractivity contribution in [2.45, 2.75) is 0 Å². The minimum absolute atomic E-state index is 1.15. The molecule has 8 heavy (non-hydrogen) atoms. The van der Waals surface area contributed by atoms with Crippen molar-refractivity contribution in [3.05, 3.63) is 0 Å². The molecule has 0 amide bonds. The Kier molecular flexibility index (Phi) is 2.40. The van der Waals surface area contributed by atoms with Crippen LogP contribution in [0.15, 0.2) is 0 Å². The summed E-state index contributed by atoms with van der Waals surface area (Å²) in [4.78, 5) is 0. The van der Waals surface area contributed by atoms with Crippen molar-refractivity contribution in [2.75, 3.05) is 7.11 Å². The Morgan fingerprint density at radius 1 is 1.00 bits per heavy atom. The average molecular weight is 330 g/mol. The van der Waals surface area contributed by atoms with E-state index in [1.54, 1.807) is 0 Å². The monoisotopic (exact) mass is 327 g/mol. The molecule has 0 bridgehead atoms. The molecule has 0 N–H and O–H groups in total. The molecule has 0 atom stereocenters. The molecule has 0 aliphatic heterocycles. The average Bonchev–Trinajstić information content (AvgIpc) is 1.30. The predicted octanol–water partition coefficient (Wildman–Crippen LogP) is 3.16. The van der Waals surface area contributed by atoms with Gasteiger partial charge in [-0.3, -0.25) is 0 Å². The molecule has 0 unspecified atom stereocenters. The van der Waals surface area contributed by atoms with Crippen LogP contribution in [0.1, 0.15) is 0 Å². The molecular formula is CH3Cl5OSb-. The van der Waals surface area contributed by atoms with Gasteiger partial charge in [0.2, 0.25) is 0 Å².